The lowest BCUT2D eigenvalue weighted by Crippen LogP contribution is -2.60. The number of benzene rings is 2. The normalized spacial score (nSPS) is 21.3. The number of carbonyl (C=O) groups is 4. The Balaban J connectivity index is 1.47. The molecule has 3 N–H and O–H groups in total. The van der Waals surface area contributed by atoms with Crippen molar-refractivity contribution in [2.45, 2.75) is 83.4 Å². The largest absolute Gasteiger partial charge is 0.418 e. The van der Waals surface area contributed by atoms with E-state index >= 15 is 0 Å². The van der Waals surface area contributed by atoms with Crippen molar-refractivity contribution in [2.24, 2.45) is 17.8 Å². The molecular formula is C35H39F4N3O4. The number of para-hydroxylation sites is 1. The topological polar surface area (TPSA) is 108 Å². The lowest BCUT2D eigenvalue weighted by Gasteiger charge is -2.39. The first-order chi connectivity index (χ1) is 21.8. The van der Waals surface area contributed by atoms with Crippen LogP contribution in [-0.2, 0) is 44.6 Å². The van der Waals surface area contributed by atoms with E-state index in [0.29, 0.717) is 42.5 Å². The Labute approximate surface area is 264 Å². The highest BCUT2D eigenvalue weighted by Crippen LogP contribution is 2.41. The number of ketones is 2. The Morgan fingerprint density at radius 1 is 1.11 bits per heavy atom. The molecule has 0 bridgehead atoms. The monoisotopic (exact) mass is 641 g/mol. The van der Waals surface area contributed by atoms with Crippen LogP contribution < -0.4 is 10.6 Å². The van der Waals surface area contributed by atoms with Crippen molar-refractivity contribution >= 4 is 34.3 Å². The molecule has 2 amide bonds. The van der Waals surface area contributed by atoms with E-state index in [0.717, 1.165) is 6.07 Å². The van der Waals surface area contributed by atoms with E-state index in [2.05, 4.69) is 15.6 Å². The van der Waals surface area contributed by atoms with Crippen LogP contribution in [0.1, 0.15) is 74.8 Å². The summed E-state index contributed by atoms with van der Waals surface area (Å²) in [5.74, 6) is -3.63. The Morgan fingerprint density at radius 2 is 1.87 bits per heavy atom. The number of halogens is 4. The molecular weight excluding hydrogens is 602 g/mol. The Morgan fingerprint density at radius 3 is 2.57 bits per heavy atom. The molecule has 5 rings (SSSR count). The molecule has 2 heterocycles. The molecule has 1 fully saturated rings. The van der Waals surface area contributed by atoms with Gasteiger partial charge >= 0.3 is 6.18 Å². The number of nitrogens with one attached hydrogen (secondary N) is 3. The van der Waals surface area contributed by atoms with Crippen molar-refractivity contribution in [3.8, 4) is 0 Å². The molecule has 4 atom stereocenters. The summed E-state index contributed by atoms with van der Waals surface area (Å²) in [5.41, 5.74) is -1.07. The van der Waals surface area contributed by atoms with Crippen LogP contribution in [0.15, 0.2) is 42.5 Å². The average molecular weight is 642 g/mol. The first kappa shape index (κ1) is 33.3. The molecule has 0 saturated carbocycles. The minimum atomic E-state index is -4.60. The number of hydrogen-bond donors (Lipinski definition) is 3. The summed E-state index contributed by atoms with van der Waals surface area (Å²) in [6.07, 6.45) is -3.05. The summed E-state index contributed by atoms with van der Waals surface area (Å²) in [7, 11) is 0. The van der Waals surface area contributed by atoms with Gasteiger partial charge in [0.1, 0.15) is 17.1 Å². The van der Waals surface area contributed by atoms with Gasteiger partial charge in [0.05, 0.1) is 11.1 Å². The first-order valence-corrected chi connectivity index (χ1v) is 15.9. The van der Waals surface area contributed by atoms with Gasteiger partial charge in [-0.25, -0.2) is 4.39 Å². The number of aryl methyl sites for hydroxylation is 1. The summed E-state index contributed by atoms with van der Waals surface area (Å²) in [5, 5.41) is 6.10. The molecule has 1 unspecified atom stereocenters. The van der Waals surface area contributed by atoms with Crippen molar-refractivity contribution in [1.82, 2.24) is 15.6 Å². The molecule has 7 nitrogen and oxygen atoms in total. The van der Waals surface area contributed by atoms with Gasteiger partial charge in [-0.2, -0.15) is 13.2 Å². The molecule has 1 saturated heterocycles. The van der Waals surface area contributed by atoms with Crippen LogP contribution in [0.5, 0.6) is 0 Å². The van der Waals surface area contributed by atoms with Crippen molar-refractivity contribution in [3.63, 3.8) is 0 Å². The van der Waals surface area contributed by atoms with Gasteiger partial charge in [0.25, 0.3) is 0 Å². The van der Waals surface area contributed by atoms with Crippen molar-refractivity contribution < 1.29 is 36.7 Å². The maximum atomic E-state index is 14.3. The number of Topliss-reactive ketones (excluding diaryl/α,β-unsaturated/α-hetero) is 2. The third-order valence-corrected chi connectivity index (χ3v) is 9.80. The van der Waals surface area contributed by atoms with E-state index < -0.39 is 40.8 Å². The van der Waals surface area contributed by atoms with Crippen LogP contribution >= 0.6 is 0 Å². The number of aromatic nitrogens is 1. The van der Waals surface area contributed by atoms with Crippen LogP contribution in [0.4, 0.5) is 17.6 Å². The number of piperidine rings is 1. The second-order valence-electron chi connectivity index (χ2n) is 12.8. The molecule has 1 aliphatic heterocycles. The summed E-state index contributed by atoms with van der Waals surface area (Å²) in [6.45, 7) is 4.23. The first-order valence-electron chi connectivity index (χ1n) is 15.9. The van der Waals surface area contributed by atoms with E-state index in [1.54, 1.807) is 12.1 Å². The van der Waals surface area contributed by atoms with Crippen molar-refractivity contribution in [2.75, 3.05) is 6.54 Å². The molecule has 0 spiro atoms. The third-order valence-electron chi connectivity index (χ3n) is 9.80. The van der Waals surface area contributed by atoms with Crippen LogP contribution in [0.3, 0.4) is 0 Å². The van der Waals surface area contributed by atoms with Crippen LogP contribution in [0.25, 0.3) is 10.9 Å². The molecule has 3 aromatic rings. The van der Waals surface area contributed by atoms with Gasteiger partial charge in [0.2, 0.25) is 11.8 Å². The Hall–Kier alpha value is -4.02. The third kappa shape index (κ3) is 6.88. The quantitative estimate of drug-likeness (QED) is 0.223. The van der Waals surface area contributed by atoms with Crippen LogP contribution in [0, 0.1) is 23.6 Å². The summed E-state index contributed by atoms with van der Waals surface area (Å²) < 4.78 is 55.9. The minimum absolute atomic E-state index is 0.0566. The zero-order valence-corrected chi connectivity index (χ0v) is 26.0. The van der Waals surface area contributed by atoms with Crippen molar-refractivity contribution in [3.05, 3.63) is 70.7 Å². The Kier molecular flexibility index (Phi) is 9.70. The molecule has 2 aliphatic rings. The number of aromatic amines is 1. The average Bonchev–Trinajstić information content (AvgIpc) is 3.39. The number of alkyl halides is 3. The van der Waals surface area contributed by atoms with E-state index in [9.17, 15) is 36.7 Å². The SMILES string of the molecule is CCC(C)[C@H](CC(=O)Cc1ccccc1F)C(=O)N[C@]1(C(=O)C[C@H]2CCCNC2=O)CCc2[nH]c3c(C(F)(F)F)cccc3c2C1. The predicted molar refractivity (Wildman–Crippen MR) is 164 cm³/mol. The summed E-state index contributed by atoms with van der Waals surface area (Å²) >= 11 is 0. The van der Waals surface area contributed by atoms with E-state index in [4.69, 9.17) is 0 Å². The molecule has 46 heavy (non-hydrogen) atoms. The van der Waals surface area contributed by atoms with Gasteiger partial charge in [-0.15, -0.1) is 0 Å². The highest BCUT2D eigenvalue weighted by atomic mass is 19.4. The molecule has 0 radical (unpaired) electrons. The number of fused-ring (bicyclic) bond motifs is 3. The van der Waals surface area contributed by atoms with Gasteiger partial charge in [-0.3, -0.25) is 19.2 Å². The van der Waals surface area contributed by atoms with Crippen LogP contribution in [-0.4, -0.2) is 40.4 Å². The fraction of sp³-hybridized carbons (Fsp3) is 0.486. The second-order valence-corrected chi connectivity index (χ2v) is 12.8. The number of H-pyrrole nitrogens is 1. The highest BCUT2D eigenvalue weighted by molar-refractivity contribution is 5.99. The van der Waals surface area contributed by atoms with Gasteiger partial charge in [-0.05, 0) is 54.9 Å². The smallest absolute Gasteiger partial charge is 0.358 e. The molecule has 1 aromatic heterocycles. The zero-order chi connectivity index (χ0) is 33.2. The van der Waals surface area contributed by atoms with E-state index in [1.807, 2.05) is 13.8 Å². The van der Waals surface area contributed by atoms with Gasteiger partial charge in [0.15, 0.2) is 5.78 Å². The van der Waals surface area contributed by atoms with Crippen LogP contribution in [0.2, 0.25) is 0 Å². The zero-order valence-electron chi connectivity index (χ0n) is 26.0. The molecule has 1 aliphatic carbocycles. The number of rotatable bonds is 11. The predicted octanol–water partition coefficient (Wildman–Crippen LogP) is 6.02. The standard InChI is InChI=1S/C35H39F4N3O4/c1-3-20(2)25(18-23(43)16-21-8-4-5-12-28(21)36)33(46)42-34(30(44)17-22-9-7-15-40-32(22)45)14-13-29-26(19-34)24-10-6-11-27(31(24)41-29)35(37,38)39/h4-6,8,10-12,20,22,25,41H,3,7,9,13-19H2,1-2H3,(H,40,45)(H,42,46)/t20?,22-,25+,34-/m1/s1. The lowest BCUT2D eigenvalue weighted by atomic mass is 9.73. The molecule has 2 aromatic carbocycles. The summed E-state index contributed by atoms with van der Waals surface area (Å²) in [4.78, 5) is 57.0. The maximum Gasteiger partial charge on any atom is 0.418 e. The van der Waals surface area contributed by atoms with E-state index in [-0.39, 0.29) is 73.0 Å². The van der Waals surface area contributed by atoms with Crippen molar-refractivity contribution in [1.29, 1.82) is 0 Å². The number of hydrogen-bond acceptors (Lipinski definition) is 4. The van der Waals surface area contributed by atoms with E-state index in [1.165, 1.54) is 24.3 Å². The minimum Gasteiger partial charge on any atom is -0.358 e. The fourth-order valence-corrected chi connectivity index (χ4v) is 6.91. The number of amides is 2. The van der Waals surface area contributed by atoms with Gasteiger partial charge in [0, 0.05) is 55.1 Å². The fourth-order valence-electron chi connectivity index (χ4n) is 6.91. The molecule has 11 heteroatoms. The lowest BCUT2D eigenvalue weighted by molar-refractivity contribution is -0.139. The van der Waals surface area contributed by atoms with Gasteiger partial charge in [-0.1, -0.05) is 50.6 Å². The summed E-state index contributed by atoms with van der Waals surface area (Å²) in [6, 6.07) is 9.84. The number of carbonyl (C=O) groups excluding carboxylic acids is 4. The van der Waals surface area contributed by atoms with Gasteiger partial charge < -0.3 is 15.6 Å². The highest BCUT2D eigenvalue weighted by Gasteiger charge is 2.46. The Bertz CT molecular complexity index is 1650. The second kappa shape index (κ2) is 13.4. The maximum absolute atomic E-state index is 14.3. The molecule has 246 valence electrons.